The molecular weight excluding hydrogens is 476 g/mol. The van der Waals surface area contributed by atoms with E-state index in [0.29, 0.717) is 22.9 Å². The van der Waals surface area contributed by atoms with Crippen LogP contribution < -0.4 is 9.47 Å². The molecule has 0 N–H and O–H groups in total. The van der Waals surface area contributed by atoms with Crippen molar-refractivity contribution in [2.45, 2.75) is 6.61 Å². The van der Waals surface area contributed by atoms with Crippen LogP contribution in [0, 0.1) is 10.1 Å². The summed E-state index contributed by atoms with van der Waals surface area (Å²) in [5.41, 5.74) is 0.958. The number of esters is 1. The average molecular weight is 493 g/mol. The maximum atomic E-state index is 12.5. The van der Waals surface area contributed by atoms with E-state index in [1.807, 2.05) is 0 Å². The Morgan fingerprint density at radius 3 is 2.67 bits per heavy atom. The van der Waals surface area contributed by atoms with Crippen molar-refractivity contribution in [1.29, 1.82) is 0 Å². The molecular formula is C21H17ClN2O8S. The standard InChI is InChI=1S/C21H17ClN2O8S/c1-30-16-8-13(9-17-20(26)23(21(27)33-17)10-18(25)31-2)7-15(22)19(16)32-11-12-4-3-5-14(6-12)24(28)29/h3-9H,10-11H2,1-2H3. The second-order valence-electron chi connectivity index (χ2n) is 6.59. The van der Waals surface area contributed by atoms with Crippen LogP contribution in [-0.4, -0.2) is 47.7 Å². The first-order valence-electron chi connectivity index (χ1n) is 9.29. The Balaban J connectivity index is 1.81. The zero-order valence-electron chi connectivity index (χ0n) is 17.4. The van der Waals surface area contributed by atoms with Crippen molar-refractivity contribution in [3.63, 3.8) is 0 Å². The number of nitro benzene ring substituents is 1. The SMILES string of the molecule is COC(=O)CN1C(=O)SC(=Cc2cc(Cl)c(OCc3cccc([N+](=O)[O-])c3)c(OC)c2)C1=O. The second-order valence-corrected chi connectivity index (χ2v) is 7.99. The lowest BCUT2D eigenvalue weighted by Crippen LogP contribution is -2.34. The lowest BCUT2D eigenvalue weighted by Gasteiger charge is -2.13. The summed E-state index contributed by atoms with van der Waals surface area (Å²) in [4.78, 5) is 47.3. The number of rotatable bonds is 8. The van der Waals surface area contributed by atoms with Gasteiger partial charge in [0.15, 0.2) is 11.5 Å². The third-order valence-electron chi connectivity index (χ3n) is 4.44. The zero-order valence-corrected chi connectivity index (χ0v) is 19.0. The van der Waals surface area contributed by atoms with Crippen LogP contribution in [0.4, 0.5) is 10.5 Å². The molecule has 12 heteroatoms. The number of hydrogen-bond acceptors (Lipinski definition) is 9. The van der Waals surface area contributed by atoms with E-state index < -0.39 is 28.6 Å². The van der Waals surface area contributed by atoms with E-state index in [0.717, 1.165) is 12.0 Å². The molecule has 0 aliphatic carbocycles. The molecule has 2 aromatic carbocycles. The maximum Gasteiger partial charge on any atom is 0.325 e. The van der Waals surface area contributed by atoms with Gasteiger partial charge in [-0.1, -0.05) is 23.7 Å². The van der Waals surface area contributed by atoms with Crippen LogP contribution in [0.1, 0.15) is 11.1 Å². The number of methoxy groups -OCH3 is 2. The summed E-state index contributed by atoms with van der Waals surface area (Å²) in [6.45, 7) is -0.476. The minimum absolute atomic E-state index is 0.00350. The van der Waals surface area contributed by atoms with Gasteiger partial charge in [0, 0.05) is 12.1 Å². The van der Waals surface area contributed by atoms with Gasteiger partial charge in [-0.05, 0) is 41.1 Å². The lowest BCUT2D eigenvalue weighted by molar-refractivity contribution is -0.384. The Labute approximate surface area is 197 Å². The van der Waals surface area contributed by atoms with Gasteiger partial charge in [-0.25, -0.2) is 0 Å². The van der Waals surface area contributed by atoms with E-state index in [1.54, 1.807) is 18.2 Å². The van der Waals surface area contributed by atoms with Crippen LogP contribution in [0.5, 0.6) is 11.5 Å². The van der Waals surface area contributed by atoms with Gasteiger partial charge in [-0.3, -0.25) is 29.4 Å². The monoisotopic (exact) mass is 492 g/mol. The van der Waals surface area contributed by atoms with E-state index >= 15 is 0 Å². The molecule has 2 aromatic rings. The maximum absolute atomic E-state index is 12.5. The number of nitrogens with zero attached hydrogens (tertiary/aromatic N) is 2. The number of thioether (sulfide) groups is 1. The number of ether oxygens (including phenoxy) is 3. The Kier molecular flexibility index (Phi) is 7.56. The predicted octanol–water partition coefficient (Wildman–Crippen LogP) is 4.05. The molecule has 33 heavy (non-hydrogen) atoms. The number of benzene rings is 2. The number of halogens is 1. The van der Waals surface area contributed by atoms with E-state index in [-0.39, 0.29) is 33.7 Å². The Morgan fingerprint density at radius 2 is 2.00 bits per heavy atom. The van der Waals surface area contributed by atoms with Gasteiger partial charge in [-0.2, -0.15) is 0 Å². The largest absolute Gasteiger partial charge is 0.493 e. The Bertz CT molecular complexity index is 1170. The number of carbonyl (C=O) groups is 3. The summed E-state index contributed by atoms with van der Waals surface area (Å²) in [7, 11) is 2.56. The smallest absolute Gasteiger partial charge is 0.325 e. The molecule has 0 unspecified atom stereocenters. The van der Waals surface area contributed by atoms with E-state index in [2.05, 4.69) is 4.74 Å². The highest BCUT2D eigenvalue weighted by Crippen LogP contribution is 2.39. The number of nitro groups is 1. The fourth-order valence-electron chi connectivity index (χ4n) is 2.86. The molecule has 0 aromatic heterocycles. The molecule has 2 amide bonds. The highest BCUT2D eigenvalue weighted by molar-refractivity contribution is 8.18. The third-order valence-corrected chi connectivity index (χ3v) is 5.63. The molecule has 3 rings (SSSR count). The summed E-state index contributed by atoms with van der Waals surface area (Å²) in [5, 5.41) is 10.5. The zero-order chi connectivity index (χ0) is 24.1. The average Bonchev–Trinajstić information content (AvgIpc) is 3.05. The first-order chi connectivity index (χ1) is 15.7. The molecule has 1 saturated heterocycles. The first kappa shape index (κ1) is 24.1. The summed E-state index contributed by atoms with van der Waals surface area (Å²) < 4.78 is 15.6. The molecule has 0 saturated carbocycles. The fraction of sp³-hybridized carbons (Fsp3) is 0.190. The van der Waals surface area contributed by atoms with Gasteiger partial charge < -0.3 is 14.2 Å². The minimum atomic E-state index is -0.714. The predicted molar refractivity (Wildman–Crippen MR) is 120 cm³/mol. The molecule has 1 aliphatic heterocycles. The summed E-state index contributed by atoms with van der Waals surface area (Å²) in [5.74, 6) is -0.875. The Hall–Kier alpha value is -3.57. The molecule has 1 heterocycles. The molecule has 0 atom stereocenters. The Morgan fingerprint density at radius 1 is 1.24 bits per heavy atom. The molecule has 1 aliphatic rings. The van der Waals surface area contributed by atoms with Crippen LogP contribution in [0.15, 0.2) is 41.3 Å². The van der Waals surface area contributed by atoms with Crippen LogP contribution in [0.25, 0.3) is 6.08 Å². The summed E-state index contributed by atoms with van der Waals surface area (Å²) in [6, 6.07) is 9.06. The fourth-order valence-corrected chi connectivity index (χ4v) is 3.97. The van der Waals surface area contributed by atoms with Gasteiger partial charge >= 0.3 is 5.97 Å². The lowest BCUT2D eigenvalue weighted by atomic mass is 10.1. The molecule has 0 spiro atoms. The number of non-ortho nitro benzene ring substituents is 1. The third kappa shape index (κ3) is 5.62. The van der Waals surface area contributed by atoms with Crippen LogP contribution in [0.2, 0.25) is 5.02 Å². The van der Waals surface area contributed by atoms with Crippen molar-refractivity contribution in [2.75, 3.05) is 20.8 Å². The van der Waals surface area contributed by atoms with Crippen molar-refractivity contribution in [1.82, 2.24) is 4.90 Å². The van der Waals surface area contributed by atoms with E-state index in [9.17, 15) is 24.5 Å². The van der Waals surface area contributed by atoms with Gasteiger partial charge in [0.2, 0.25) is 0 Å². The normalized spacial score (nSPS) is 14.5. The van der Waals surface area contributed by atoms with Crippen molar-refractivity contribution in [3.05, 3.63) is 67.6 Å². The molecule has 1 fully saturated rings. The number of carbonyl (C=O) groups excluding carboxylic acids is 3. The van der Waals surface area contributed by atoms with Crippen molar-refractivity contribution in [2.24, 2.45) is 0 Å². The van der Waals surface area contributed by atoms with Crippen molar-refractivity contribution in [3.8, 4) is 11.5 Å². The van der Waals surface area contributed by atoms with Gasteiger partial charge in [0.25, 0.3) is 16.8 Å². The van der Waals surface area contributed by atoms with Crippen LogP contribution in [0.3, 0.4) is 0 Å². The quantitative estimate of drug-likeness (QED) is 0.232. The molecule has 0 radical (unpaired) electrons. The molecule has 10 nitrogen and oxygen atoms in total. The van der Waals surface area contributed by atoms with Gasteiger partial charge in [0.1, 0.15) is 13.2 Å². The highest BCUT2D eigenvalue weighted by atomic mass is 35.5. The second kappa shape index (κ2) is 10.4. The van der Waals surface area contributed by atoms with Crippen molar-refractivity contribution < 1.29 is 33.5 Å². The van der Waals surface area contributed by atoms with Crippen LogP contribution >= 0.6 is 23.4 Å². The highest BCUT2D eigenvalue weighted by Gasteiger charge is 2.36. The summed E-state index contributed by atoms with van der Waals surface area (Å²) >= 11 is 7.04. The van der Waals surface area contributed by atoms with Gasteiger partial charge in [-0.15, -0.1) is 0 Å². The summed E-state index contributed by atoms with van der Waals surface area (Å²) in [6.07, 6.45) is 1.45. The molecule has 172 valence electrons. The van der Waals surface area contributed by atoms with E-state index in [4.69, 9.17) is 21.1 Å². The first-order valence-corrected chi connectivity index (χ1v) is 10.5. The number of amides is 2. The number of imide groups is 1. The van der Waals surface area contributed by atoms with Crippen LogP contribution in [-0.2, 0) is 20.9 Å². The van der Waals surface area contributed by atoms with Gasteiger partial charge in [0.05, 0.1) is 29.1 Å². The number of hydrogen-bond donors (Lipinski definition) is 0. The van der Waals surface area contributed by atoms with E-state index in [1.165, 1.54) is 31.4 Å². The topological polar surface area (TPSA) is 125 Å². The molecule has 0 bridgehead atoms. The minimum Gasteiger partial charge on any atom is -0.493 e. The van der Waals surface area contributed by atoms with Crippen molar-refractivity contribution >= 4 is 52.2 Å².